The molecule has 0 radical (unpaired) electrons. The Morgan fingerprint density at radius 1 is 1.04 bits per heavy atom. The predicted molar refractivity (Wildman–Crippen MR) is 85.9 cm³/mol. The van der Waals surface area contributed by atoms with Crippen LogP contribution in [0.2, 0.25) is 0 Å². The molecule has 0 amide bonds. The predicted octanol–water partition coefficient (Wildman–Crippen LogP) is 3.75. The number of hydrogen-bond acceptors (Lipinski definition) is 3. The van der Waals surface area contributed by atoms with E-state index in [0.717, 1.165) is 31.7 Å². The highest BCUT2D eigenvalue weighted by molar-refractivity contribution is 5.53. The lowest BCUT2D eigenvalue weighted by Gasteiger charge is -2.59. The van der Waals surface area contributed by atoms with Crippen LogP contribution in [0, 0.1) is 22.6 Å². The lowest BCUT2D eigenvalue weighted by molar-refractivity contribution is -0.0340. The highest BCUT2D eigenvalue weighted by Gasteiger charge is 2.53. The average Bonchev–Trinajstić information content (AvgIpc) is 2.50. The van der Waals surface area contributed by atoms with Gasteiger partial charge < -0.3 is 9.64 Å². The van der Waals surface area contributed by atoms with Gasteiger partial charge in [-0.3, -0.25) is 0 Å². The van der Waals surface area contributed by atoms with Crippen molar-refractivity contribution >= 4 is 5.69 Å². The minimum atomic E-state index is -0.237. The van der Waals surface area contributed by atoms with E-state index < -0.39 is 0 Å². The minimum Gasteiger partial charge on any atom is -0.490 e. The Morgan fingerprint density at radius 2 is 1.70 bits per heavy atom. The van der Waals surface area contributed by atoms with Crippen molar-refractivity contribution in [2.45, 2.75) is 18.9 Å². The molecule has 1 heterocycles. The SMILES string of the molecule is N#Cc1ccc(N2CC3(CC(Oc4ccc(F)cc4)C3)C2)cc1. The standard InChI is InChI=1S/C19H17FN2O/c20-15-3-7-17(8-4-15)23-18-9-19(10-18)12-22(13-19)16-5-1-14(11-21)2-6-16/h1-8,18H,9-10,12-13H2. The smallest absolute Gasteiger partial charge is 0.123 e. The topological polar surface area (TPSA) is 36.3 Å². The van der Waals surface area contributed by atoms with Crippen molar-refractivity contribution in [3.63, 3.8) is 0 Å². The van der Waals surface area contributed by atoms with E-state index in [1.165, 1.54) is 17.8 Å². The Balaban J connectivity index is 1.29. The summed E-state index contributed by atoms with van der Waals surface area (Å²) in [5, 5.41) is 8.84. The maximum atomic E-state index is 12.9. The number of nitriles is 1. The molecular formula is C19H17FN2O. The van der Waals surface area contributed by atoms with Gasteiger partial charge in [0.2, 0.25) is 0 Å². The van der Waals surface area contributed by atoms with Gasteiger partial charge in [0.15, 0.2) is 0 Å². The third kappa shape index (κ3) is 2.63. The molecule has 0 aromatic heterocycles. The molecule has 0 atom stereocenters. The third-order valence-corrected chi connectivity index (χ3v) is 4.85. The fourth-order valence-electron chi connectivity index (χ4n) is 3.65. The summed E-state index contributed by atoms with van der Waals surface area (Å²) in [6.45, 7) is 2.09. The van der Waals surface area contributed by atoms with Crippen molar-refractivity contribution in [3.8, 4) is 11.8 Å². The molecule has 0 unspecified atom stereocenters. The van der Waals surface area contributed by atoms with Crippen LogP contribution in [0.3, 0.4) is 0 Å². The first-order valence-corrected chi connectivity index (χ1v) is 7.83. The van der Waals surface area contributed by atoms with E-state index in [9.17, 15) is 4.39 Å². The van der Waals surface area contributed by atoms with Crippen LogP contribution in [-0.2, 0) is 0 Å². The van der Waals surface area contributed by atoms with Crippen LogP contribution in [0.25, 0.3) is 0 Å². The molecule has 116 valence electrons. The average molecular weight is 308 g/mol. The van der Waals surface area contributed by atoms with Gasteiger partial charge in [0.25, 0.3) is 0 Å². The van der Waals surface area contributed by atoms with E-state index in [-0.39, 0.29) is 11.9 Å². The summed E-state index contributed by atoms with van der Waals surface area (Å²) in [4.78, 5) is 2.34. The molecule has 3 nitrogen and oxygen atoms in total. The lowest BCUT2D eigenvalue weighted by Crippen LogP contribution is -2.64. The molecule has 2 aromatic rings. The molecule has 2 aromatic carbocycles. The largest absolute Gasteiger partial charge is 0.490 e. The van der Waals surface area contributed by atoms with E-state index in [1.54, 1.807) is 12.1 Å². The number of ether oxygens (including phenoxy) is 1. The second-order valence-electron chi connectivity index (χ2n) is 6.62. The normalized spacial score (nSPS) is 18.9. The zero-order chi connectivity index (χ0) is 15.9. The quantitative estimate of drug-likeness (QED) is 0.866. The summed E-state index contributed by atoms with van der Waals surface area (Å²) in [5.74, 6) is 0.508. The van der Waals surface area contributed by atoms with Crippen molar-refractivity contribution in [3.05, 3.63) is 59.9 Å². The summed E-state index contributed by atoms with van der Waals surface area (Å²) < 4.78 is 18.8. The molecule has 4 heteroatoms. The summed E-state index contributed by atoms with van der Waals surface area (Å²) >= 11 is 0. The first kappa shape index (κ1) is 14.1. The molecule has 1 aliphatic carbocycles. The fraction of sp³-hybridized carbons (Fsp3) is 0.316. The second kappa shape index (κ2) is 5.27. The number of rotatable bonds is 3. The molecule has 0 N–H and O–H groups in total. The van der Waals surface area contributed by atoms with Gasteiger partial charge in [-0.2, -0.15) is 5.26 Å². The number of nitrogens with zero attached hydrogens (tertiary/aromatic N) is 2. The van der Waals surface area contributed by atoms with Gasteiger partial charge in [0.05, 0.1) is 11.6 Å². The number of benzene rings is 2. The van der Waals surface area contributed by atoms with E-state index in [4.69, 9.17) is 10.00 Å². The molecule has 0 bridgehead atoms. The fourth-order valence-corrected chi connectivity index (χ4v) is 3.65. The van der Waals surface area contributed by atoms with Crippen molar-refractivity contribution in [1.29, 1.82) is 5.26 Å². The first-order chi connectivity index (χ1) is 11.2. The molecule has 1 saturated heterocycles. The summed E-state index contributed by atoms with van der Waals surface area (Å²) in [6.07, 6.45) is 2.34. The molecular weight excluding hydrogens is 291 g/mol. The van der Waals surface area contributed by atoms with Crippen molar-refractivity contribution in [1.82, 2.24) is 0 Å². The maximum Gasteiger partial charge on any atom is 0.123 e. The second-order valence-corrected chi connectivity index (χ2v) is 6.62. The molecule has 1 saturated carbocycles. The highest BCUT2D eigenvalue weighted by Crippen LogP contribution is 2.50. The van der Waals surface area contributed by atoms with Crippen LogP contribution in [0.1, 0.15) is 18.4 Å². The van der Waals surface area contributed by atoms with E-state index in [2.05, 4.69) is 11.0 Å². The highest BCUT2D eigenvalue weighted by atomic mass is 19.1. The monoisotopic (exact) mass is 308 g/mol. The molecule has 4 rings (SSSR count). The van der Waals surface area contributed by atoms with Gasteiger partial charge in [0.1, 0.15) is 17.7 Å². The zero-order valence-corrected chi connectivity index (χ0v) is 12.7. The molecule has 1 aliphatic heterocycles. The molecule has 2 aliphatic rings. The van der Waals surface area contributed by atoms with Gasteiger partial charge in [-0.05, 0) is 61.4 Å². The van der Waals surface area contributed by atoms with Crippen molar-refractivity contribution < 1.29 is 9.13 Å². The molecule has 2 fully saturated rings. The van der Waals surface area contributed by atoms with Crippen LogP contribution in [0.15, 0.2) is 48.5 Å². The van der Waals surface area contributed by atoms with Crippen LogP contribution < -0.4 is 9.64 Å². The molecule has 23 heavy (non-hydrogen) atoms. The van der Waals surface area contributed by atoms with Crippen molar-refractivity contribution in [2.24, 2.45) is 5.41 Å². The van der Waals surface area contributed by atoms with E-state index >= 15 is 0 Å². The zero-order valence-electron chi connectivity index (χ0n) is 12.7. The van der Waals surface area contributed by atoms with Crippen LogP contribution in [-0.4, -0.2) is 19.2 Å². The van der Waals surface area contributed by atoms with E-state index in [0.29, 0.717) is 11.0 Å². The van der Waals surface area contributed by atoms with Crippen LogP contribution in [0.5, 0.6) is 5.75 Å². The Hall–Kier alpha value is -2.54. The maximum absolute atomic E-state index is 12.9. The number of hydrogen-bond donors (Lipinski definition) is 0. The Bertz CT molecular complexity index is 734. The van der Waals surface area contributed by atoms with Gasteiger partial charge in [-0.25, -0.2) is 4.39 Å². The summed E-state index contributed by atoms with van der Waals surface area (Å²) in [5.41, 5.74) is 2.25. The van der Waals surface area contributed by atoms with Crippen LogP contribution >= 0.6 is 0 Å². The number of halogens is 1. The summed E-state index contributed by atoms with van der Waals surface area (Å²) in [6, 6.07) is 16.1. The van der Waals surface area contributed by atoms with Gasteiger partial charge >= 0.3 is 0 Å². The number of anilines is 1. The summed E-state index contributed by atoms with van der Waals surface area (Å²) in [7, 11) is 0. The Labute approximate surface area is 134 Å². The minimum absolute atomic E-state index is 0.237. The van der Waals surface area contributed by atoms with Gasteiger partial charge in [-0.15, -0.1) is 0 Å². The Kier molecular flexibility index (Phi) is 3.23. The van der Waals surface area contributed by atoms with Crippen LogP contribution in [0.4, 0.5) is 10.1 Å². The first-order valence-electron chi connectivity index (χ1n) is 7.83. The lowest BCUT2D eigenvalue weighted by atomic mass is 9.61. The van der Waals surface area contributed by atoms with Crippen molar-refractivity contribution in [2.75, 3.05) is 18.0 Å². The van der Waals surface area contributed by atoms with E-state index in [1.807, 2.05) is 24.3 Å². The Morgan fingerprint density at radius 3 is 2.30 bits per heavy atom. The molecule has 1 spiro atoms. The third-order valence-electron chi connectivity index (χ3n) is 4.85. The van der Waals surface area contributed by atoms with Gasteiger partial charge in [-0.1, -0.05) is 0 Å². The van der Waals surface area contributed by atoms with Gasteiger partial charge in [0, 0.05) is 24.2 Å².